The number of carbonyl (C=O) groups excluding carboxylic acids is 4. The second kappa shape index (κ2) is 9.53. The van der Waals surface area contributed by atoms with Crippen molar-refractivity contribution in [2.45, 2.75) is 85.0 Å². The fourth-order valence-electron chi connectivity index (χ4n) is 2.46. The maximum absolute atomic E-state index is 11.8. The average Bonchev–Trinajstić information content (AvgIpc) is 2.94. The van der Waals surface area contributed by atoms with Crippen molar-refractivity contribution in [2.24, 2.45) is 0 Å². The lowest BCUT2D eigenvalue weighted by molar-refractivity contribution is -0.149. The number of hydrogen-bond acceptors (Lipinski definition) is 6. The van der Waals surface area contributed by atoms with Crippen LogP contribution in [0.1, 0.15) is 61.3 Å². The van der Waals surface area contributed by atoms with Crippen molar-refractivity contribution in [3.05, 3.63) is 0 Å². The zero-order valence-electron chi connectivity index (χ0n) is 18.6. The highest BCUT2D eigenvalue weighted by Gasteiger charge is 2.40. The number of likely N-dealkylation sites (N-methyl/N-ethyl adjacent to an activating group) is 1. The molecule has 2 rings (SSSR count). The van der Waals surface area contributed by atoms with Crippen molar-refractivity contribution < 1.29 is 28.7 Å². The molecule has 0 saturated carbocycles. The number of rotatable bonds is 5. The van der Waals surface area contributed by atoms with Crippen molar-refractivity contribution in [3.8, 4) is 0 Å². The lowest BCUT2D eigenvalue weighted by Gasteiger charge is -2.26. The molecule has 6 amide bonds. The molecule has 10 nitrogen and oxygen atoms in total. The van der Waals surface area contributed by atoms with Crippen LogP contribution in [0.4, 0.5) is 9.59 Å². The van der Waals surface area contributed by atoms with Crippen LogP contribution in [0.5, 0.6) is 0 Å². The molecule has 2 heterocycles. The van der Waals surface area contributed by atoms with Gasteiger partial charge in [-0.15, -0.1) is 0 Å². The van der Waals surface area contributed by atoms with E-state index in [1.54, 1.807) is 0 Å². The first-order valence-electron chi connectivity index (χ1n) is 9.71. The van der Waals surface area contributed by atoms with Crippen LogP contribution >= 0.6 is 0 Å². The molecule has 0 bridgehead atoms. The minimum absolute atomic E-state index is 0.284. The summed E-state index contributed by atoms with van der Waals surface area (Å²) in [6, 6.07) is -0.771. The minimum atomic E-state index is -0.829. The maximum atomic E-state index is 11.8. The van der Waals surface area contributed by atoms with Gasteiger partial charge in [-0.3, -0.25) is 24.7 Å². The number of unbranched alkanes of at least 4 members (excludes halogenated alkanes) is 1. The molecule has 2 unspecified atom stereocenters. The van der Waals surface area contributed by atoms with Gasteiger partial charge in [0.1, 0.15) is 0 Å². The van der Waals surface area contributed by atoms with Crippen LogP contribution in [0.25, 0.3) is 0 Å². The van der Waals surface area contributed by atoms with Gasteiger partial charge in [-0.25, -0.2) is 9.59 Å². The Balaban J connectivity index is 0.000000296. The van der Waals surface area contributed by atoms with Crippen LogP contribution in [0.2, 0.25) is 0 Å². The summed E-state index contributed by atoms with van der Waals surface area (Å²) < 4.78 is 10.9. The summed E-state index contributed by atoms with van der Waals surface area (Å²) in [5.41, 5.74) is -0.894. The van der Waals surface area contributed by atoms with E-state index in [2.05, 4.69) is 10.6 Å². The highest BCUT2D eigenvalue weighted by Crippen LogP contribution is 2.17. The molecular weight excluding hydrogens is 380 g/mol. The number of carbonyl (C=O) groups is 4. The monoisotopic (exact) mass is 414 g/mol. The molecule has 0 aliphatic carbocycles. The first-order chi connectivity index (χ1) is 13.2. The third kappa shape index (κ3) is 7.62. The highest BCUT2D eigenvalue weighted by atomic mass is 16.5. The summed E-state index contributed by atoms with van der Waals surface area (Å²) in [5, 5.41) is 4.70. The van der Waals surface area contributed by atoms with Gasteiger partial charge in [0.25, 0.3) is 11.8 Å². The van der Waals surface area contributed by atoms with E-state index in [0.717, 1.165) is 12.8 Å². The van der Waals surface area contributed by atoms with E-state index in [0.29, 0.717) is 6.54 Å². The van der Waals surface area contributed by atoms with Gasteiger partial charge >= 0.3 is 12.1 Å². The number of nitrogens with zero attached hydrogens (tertiary/aromatic N) is 2. The Bertz CT molecular complexity index is 638. The van der Waals surface area contributed by atoms with Gasteiger partial charge in [-0.1, -0.05) is 13.3 Å². The maximum Gasteiger partial charge on any atom is 0.326 e. The van der Waals surface area contributed by atoms with Crippen LogP contribution in [-0.4, -0.2) is 70.9 Å². The van der Waals surface area contributed by atoms with E-state index in [-0.39, 0.29) is 11.9 Å². The second-order valence-corrected chi connectivity index (χ2v) is 8.89. The molecule has 2 atom stereocenters. The molecule has 2 saturated heterocycles. The Labute approximate surface area is 172 Å². The summed E-state index contributed by atoms with van der Waals surface area (Å²) in [5.74, 6) is -0.684. The predicted molar refractivity (Wildman–Crippen MR) is 106 cm³/mol. The Morgan fingerprint density at radius 2 is 1.48 bits per heavy atom. The van der Waals surface area contributed by atoms with Crippen molar-refractivity contribution in [1.82, 2.24) is 20.4 Å². The molecule has 0 aromatic rings. The van der Waals surface area contributed by atoms with Crippen LogP contribution in [0, 0.1) is 0 Å². The molecule has 29 heavy (non-hydrogen) atoms. The molecule has 0 aromatic carbocycles. The fourth-order valence-corrected chi connectivity index (χ4v) is 2.46. The van der Waals surface area contributed by atoms with Crippen molar-refractivity contribution in [1.29, 1.82) is 0 Å². The topological polar surface area (TPSA) is 117 Å². The number of urea groups is 2. The molecular formula is C19H34N4O6. The van der Waals surface area contributed by atoms with Crippen LogP contribution in [0.3, 0.4) is 0 Å². The quantitative estimate of drug-likeness (QED) is 0.663. The lowest BCUT2D eigenvalue weighted by atomic mass is 10.2. The Morgan fingerprint density at radius 1 is 0.931 bits per heavy atom. The number of nitrogens with one attached hydrogen (secondary N) is 2. The number of amides is 6. The Morgan fingerprint density at radius 3 is 1.90 bits per heavy atom. The van der Waals surface area contributed by atoms with Crippen molar-refractivity contribution in [3.63, 3.8) is 0 Å². The third-order valence-electron chi connectivity index (χ3n) is 3.79. The van der Waals surface area contributed by atoms with Gasteiger partial charge in [0.05, 0.1) is 11.2 Å². The second-order valence-electron chi connectivity index (χ2n) is 8.89. The first kappa shape index (κ1) is 24.8. The molecule has 10 heteroatoms. The molecule has 2 fully saturated rings. The minimum Gasteiger partial charge on any atom is -0.344 e. The molecule has 2 aliphatic heterocycles. The van der Waals surface area contributed by atoms with Gasteiger partial charge in [0, 0.05) is 13.6 Å². The molecule has 0 spiro atoms. The standard InChI is InChI=1S/C11H20N2O3.C8H14N2O3/c1-5-6-7-13-9(14)8(12-10(13)15)16-11(2,3)4;1-8(2,3)13-6-5(11)9-7(12)10(6)4/h8H,5-7H2,1-4H3,(H,12,15);6H,1-4H3,(H,9,11,12). The average molecular weight is 415 g/mol. The van der Waals surface area contributed by atoms with Gasteiger partial charge in [0.2, 0.25) is 12.5 Å². The summed E-state index contributed by atoms with van der Waals surface area (Å²) in [6.45, 7) is 13.5. The number of imide groups is 2. The van der Waals surface area contributed by atoms with E-state index in [1.165, 1.54) is 16.8 Å². The van der Waals surface area contributed by atoms with Crippen LogP contribution < -0.4 is 10.6 Å². The first-order valence-corrected chi connectivity index (χ1v) is 9.71. The third-order valence-corrected chi connectivity index (χ3v) is 3.79. The SMILES string of the molecule is CCCCN1C(=O)NC(OC(C)(C)C)C1=O.CN1C(=O)NC(=O)C1OC(C)(C)C. The summed E-state index contributed by atoms with van der Waals surface area (Å²) in [6.07, 6.45) is 0.139. The highest BCUT2D eigenvalue weighted by molar-refractivity contribution is 6.03. The molecule has 166 valence electrons. The van der Waals surface area contributed by atoms with Gasteiger partial charge < -0.3 is 14.8 Å². The predicted octanol–water partition coefficient (Wildman–Crippen LogP) is 1.79. The Kier molecular flexibility index (Phi) is 8.16. The molecule has 0 radical (unpaired) electrons. The normalized spacial score (nSPS) is 22.5. The van der Waals surface area contributed by atoms with Crippen molar-refractivity contribution >= 4 is 23.9 Å². The number of hydrogen-bond donors (Lipinski definition) is 2. The van der Waals surface area contributed by atoms with Gasteiger partial charge in [-0.05, 0) is 48.0 Å². The van der Waals surface area contributed by atoms with Crippen molar-refractivity contribution in [2.75, 3.05) is 13.6 Å². The van der Waals surface area contributed by atoms with E-state index in [4.69, 9.17) is 9.47 Å². The Hall–Kier alpha value is -2.20. The van der Waals surface area contributed by atoms with E-state index < -0.39 is 35.6 Å². The van der Waals surface area contributed by atoms with Gasteiger partial charge in [-0.2, -0.15) is 0 Å². The van der Waals surface area contributed by atoms with E-state index in [1.807, 2.05) is 48.5 Å². The van der Waals surface area contributed by atoms with Crippen LogP contribution in [0.15, 0.2) is 0 Å². The molecule has 2 aliphatic rings. The zero-order valence-corrected chi connectivity index (χ0v) is 18.6. The summed E-state index contributed by atoms with van der Waals surface area (Å²) in [7, 11) is 1.52. The molecule has 0 aromatic heterocycles. The molecule has 2 N–H and O–H groups in total. The lowest BCUT2D eigenvalue weighted by Crippen LogP contribution is -2.39. The zero-order chi connectivity index (χ0) is 22.6. The van der Waals surface area contributed by atoms with E-state index in [9.17, 15) is 19.2 Å². The number of ether oxygens (including phenoxy) is 2. The van der Waals surface area contributed by atoms with E-state index >= 15 is 0 Å². The van der Waals surface area contributed by atoms with Crippen LogP contribution in [-0.2, 0) is 19.1 Å². The fraction of sp³-hybridized carbons (Fsp3) is 0.789. The summed E-state index contributed by atoms with van der Waals surface area (Å²) >= 11 is 0. The largest absolute Gasteiger partial charge is 0.344 e. The smallest absolute Gasteiger partial charge is 0.326 e. The van der Waals surface area contributed by atoms with Gasteiger partial charge in [0.15, 0.2) is 0 Å². The summed E-state index contributed by atoms with van der Waals surface area (Å²) in [4.78, 5) is 48.0.